The fraction of sp³-hybridized carbons (Fsp3) is 0.400. The summed E-state index contributed by atoms with van der Waals surface area (Å²) in [6.45, 7) is 18.0. The van der Waals surface area contributed by atoms with Crippen molar-refractivity contribution in [1.29, 1.82) is 0 Å². The maximum Gasteiger partial charge on any atom is 0.150 e. The third kappa shape index (κ3) is 5.35. The summed E-state index contributed by atoms with van der Waals surface area (Å²) in [6, 6.07) is 21.3. The Hall–Kier alpha value is -2.74. The van der Waals surface area contributed by atoms with Gasteiger partial charge in [0.2, 0.25) is 0 Å². The van der Waals surface area contributed by atoms with Crippen molar-refractivity contribution >= 4 is 11.4 Å². The van der Waals surface area contributed by atoms with E-state index in [9.17, 15) is 0 Å². The van der Waals surface area contributed by atoms with Crippen LogP contribution in [0.2, 0.25) is 0 Å². The Morgan fingerprint density at radius 1 is 0.562 bits per heavy atom. The van der Waals surface area contributed by atoms with Crippen molar-refractivity contribution in [3.05, 3.63) is 82.9 Å². The van der Waals surface area contributed by atoms with Crippen LogP contribution in [-0.2, 0) is 0 Å². The summed E-state index contributed by atoms with van der Waals surface area (Å²) in [5.41, 5.74) is 7.54. The van der Waals surface area contributed by atoms with Crippen LogP contribution in [0, 0.1) is 0 Å². The minimum atomic E-state index is 0.398. The summed E-state index contributed by atoms with van der Waals surface area (Å²) in [4.78, 5) is 0. The van der Waals surface area contributed by atoms with E-state index in [0.29, 0.717) is 23.7 Å². The van der Waals surface area contributed by atoms with E-state index < -0.39 is 0 Å². The average molecular weight is 430 g/mol. The molecular weight excluding hydrogens is 390 g/mol. The summed E-state index contributed by atoms with van der Waals surface area (Å²) in [6.07, 6.45) is 0. The van der Waals surface area contributed by atoms with Crippen LogP contribution in [0.5, 0.6) is 11.5 Å². The van der Waals surface area contributed by atoms with Crippen molar-refractivity contribution in [2.75, 3.05) is 5.32 Å². The quantitative estimate of drug-likeness (QED) is 0.385. The first-order valence-corrected chi connectivity index (χ1v) is 12.0. The third-order valence-corrected chi connectivity index (χ3v) is 6.04. The molecule has 0 atom stereocenters. The molecule has 0 saturated carbocycles. The summed E-state index contributed by atoms with van der Waals surface area (Å²) < 4.78 is 6.47. The first-order chi connectivity index (χ1) is 15.2. The van der Waals surface area contributed by atoms with Crippen LogP contribution in [0.15, 0.2) is 60.7 Å². The lowest BCUT2D eigenvalue weighted by Crippen LogP contribution is -2.07. The van der Waals surface area contributed by atoms with Gasteiger partial charge in [0.25, 0.3) is 0 Å². The van der Waals surface area contributed by atoms with Gasteiger partial charge in [-0.3, -0.25) is 0 Å². The molecule has 0 aliphatic carbocycles. The zero-order valence-electron chi connectivity index (χ0n) is 21.0. The van der Waals surface area contributed by atoms with E-state index >= 15 is 0 Å². The van der Waals surface area contributed by atoms with Crippen molar-refractivity contribution in [2.24, 2.45) is 0 Å². The summed E-state index contributed by atoms with van der Waals surface area (Å²) >= 11 is 0. The maximum absolute atomic E-state index is 6.47. The predicted molar refractivity (Wildman–Crippen MR) is 139 cm³/mol. The predicted octanol–water partition coefficient (Wildman–Crippen LogP) is 9.72. The fourth-order valence-electron chi connectivity index (χ4n) is 4.06. The number of hydrogen-bond donors (Lipinski definition) is 1. The van der Waals surface area contributed by atoms with Gasteiger partial charge in [0.05, 0.1) is 5.69 Å². The van der Waals surface area contributed by atoms with Crippen LogP contribution in [0.4, 0.5) is 11.4 Å². The van der Waals surface area contributed by atoms with Crippen molar-refractivity contribution in [2.45, 2.75) is 79.1 Å². The minimum absolute atomic E-state index is 0.398. The Kier molecular flexibility index (Phi) is 7.66. The SMILES string of the molecule is CC(C)c1cc(C(C)C)c(Nc2ccccc2Oc2ccccc2C(C)C)c(C(C)C)c1. The smallest absolute Gasteiger partial charge is 0.150 e. The Morgan fingerprint density at radius 3 is 1.59 bits per heavy atom. The van der Waals surface area contributed by atoms with Gasteiger partial charge in [-0.25, -0.2) is 0 Å². The van der Waals surface area contributed by atoms with Crippen molar-refractivity contribution < 1.29 is 4.74 Å². The highest BCUT2D eigenvalue weighted by Gasteiger charge is 2.19. The lowest BCUT2D eigenvalue weighted by Gasteiger charge is -2.25. The van der Waals surface area contributed by atoms with Crippen LogP contribution in [0.25, 0.3) is 0 Å². The summed E-state index contributed by atoms with van der Waals surface area (Å²) in [7, 11) is 0. The van der Waals surface area contributed by atoms with Crippen molar-refractivity contribution in [3.8, 4) is 11.5 Å². The highest BCUT2D eigenvalue weighted by Crippen LogP contribution is 2.41. The zero-order valence-corrected chi connectivity index (χ0v) is 21.0. The monoisotopic (exact) mass is 429 g/mol. The molecule has 0 amide bonds. The van der Waals surface area contributed by atoms with Gasteiger partial charge in [0.15, 0.2) is 5.75 Å². The Labute approximate surface area is 195 Å². The van der Waals surface area contributed by atoms with E-state index in [2.05, 4.69) is 103 Å². The molecule has 0 spiro atoms. The van der Waals surface area contributed by atoms with Gasteiger partial charge >= 0.3 is 0 Å². The van der Waals surface area contributed by atoms with Crippen LogP contribution in [-0.4, -0.2) is 0 Å². The first-order valence-electron chi connectivity index (χ1n) is 12.0. The van der Waals surface area contributed by atoms with E-state index in [4.69, 9.17) is 4.74 Å². The van der Waals surface area contributed by atoms with Gasteiger partial charge in [-0.1, -0.05) is 97.9 Å². The molecule has 0 bridgehead atoms. The normalized spacial score (nSPS) is 11.6. The standard InChI is InChI=1S/C30H39NO/c1-19(2)23-17-25(21(5)6)30(26(18-23)22(7)8)31-27-14-10-12-16-29(27)32-28-15-11-9-13-24(28)20(3)4/h9-22,31H,1-8H3. The first kappa shape index (κ1) is 23.9. The number of ether oxygens (including phenoxy) is 1. The minimum Gasteiger partial charge on any atom is -0.455 e. The third-order valence-electron chi connectivity index (χ3n) is 6.04. The number of para-hydroxylation sites is 3. The Morgan fingerprint density at radius 2 is 1.06 bits per heavy atom. The highest BCUT2D eigenvalue weighted by molar-refractivity contribution is 5.73. The molecule has 0 radical (unpaired) electrons. The molecule has 0 saturated heterocycles. The number of benzene rings is 3. The number of anilines is 2. The summed E-state index contributed by atoms with van der Waals surface area (Å²) in [5.74, 6) is 3.50. The van der Waals surface area contributed by atoms with Crippen LogP contribution < -0.4 is 10.1 Å². The van der Waals surface area contributed by atoms with Gasteiger partial charge in [0.1, 0.15) is 5.75 Å². The van der Waals surface area contributed by atoms with E-state index in [1.165, 1.54) is 27.9 Å². The molecule has 2 nitrogen and oxygen atoms in total. The second-order valence-corrected chi connectivity index (χ2v) is 9.95. The largest absolute Gasteiger partial charge is 0.455 e. The maximum atomic E-state index is 6.47. The van der Waals surface area contributed by atoms with Gasteiger partial charge in [-0.15, -0.1) is 0 Å². The van der Waals surface area contributed by atoms with E-state index in [1.807, 2.05) is 18.2 Å². The highest BCUT2D eigenvalue weighted by atomic mass is 16.5. The second-order valence-electron chi connectivity index (χ2n) is 9.95. The molecule has 0 fully saturated rings. The molecule has 3 aromatic rings. The molecule has 3 rings (SSSR count). The molecule has 1 N–H and O–H groups in total. The van der Waals surface area contributed by atoms with Gasteiger partial charge in [0, 0.05) is 5.69 Å². The molecule has 0 aliphatic rings. The molecule has 2 heteroatoms. The zero-order chi connectivity index (χ0) is 23.4. The van der Waals surface area contributed by atoms with Crippen molar-refractivity contribution in [1.82, 2.24) is 0 Å². The van der Waals surface area contributed by atoms with Gasteiger partial charge in [-0.2, -0.15) is 0 Å². The Balaban J connectivity index is 2.07. The molecular formula is C30H39NO. The van der Waals surface area contributed by atoms with E-state index in [0.717, 1.165) is 17.2 Å². The second kappa shape index (κ2) is 10.3. The summed E-state index contributed by atoms with van der Waals surface area (Å²) in [5, 5.41) is 3.78. The lowest BCUT2D eigenvalue weighted by molar-refractivity contribution is 0.475. The van der Waals surface area contributed by atoms with Crippen molar-refractivity contribution in [3.63, 3.8) is 0 Å². The van der Waals surface area contributed by atoms with Crippen LogP contribution in [0.3, 0.4) is 0 Å². The molecule has 170 valence electrons. The molecule has 0 aliphatic heterocycles. The van der Waals surface area contributed by atoms with Gasteiger partial charge in [-0.05, 0) is 64.1 Å². The lowest BCUT2D eigenvalue weighted by atomic mass is 9.87. The molecule has 3 aromatic carbocycles. The average Bonchev–Trinajstić information content (AvgIpc) is 2.74. The molecule has 0 unspecified atom stereocenters. The van der Waals surface area contributed by atoms with E-state index in [1.54, 1.807) is 0 Å². The Bertz CT molecular complexity index is 1020. The molecule has 32 heavy (non-hydrogen) atoms. The van der Waals surface area contributed by atoms with E-state index in [-0.39, 0.29) is 0 Å². The number of hydrogen-bond acceptors (Lipinski definition) is 2. The topological polar surface area (TPSA) is 21.3 Å². The van der Waals surface area contributed by atoms with Gasteiger partial charge < -0.3 is 10.1 Å². The molecule has 0 aromatic heterocycles. The van der Waals surface area contributed by atoms with Crippen LogP contribution >= 0.6 is 0 Å². The fourth-order valence-corrected chi connectivity index (χ4v) is 4.06. The van der Waals surface area contributed by atoms with Crippen LogP contribution in [0.1, 0.15) is 101 Å². The number of rotatable bonds is 8. The number of nitrogens with one attached hydrogen (secondary N) is 1. The molecule has 0 heterocycles.